The molecule has 0 radical (unpaired) electrons. The van der Waals surface area contributed by atoms with Gasteiger partial charge in [0, 0.05) is 13.8 Å². The molecular weight excluding hydrogens is 684 g/mol. The van der Waals surface area contributed by atoms with Gasteiger partial charge in [0.05, 0.1) is 25.9 Å². The normalized spacial score (nSPS) is 48.5. The van der Waals surface area contributed by atoms with E-state index in [9.17, 15) is 65.8 Å². The Balaban J connectivity index is 1.58. The standard InChI is InChI=1S/C28H48N2O20/c1-7-15(35)19(39)21(41)27(45-7)44-6-12-24(17(37)13(25(43)46-12)29-8(2)33)49-26-14(30-9(3)34)18(38)23(11(5-32)48-26)50-28-22(42)20(40)16(36)10(4-31)47-28/h7,10-28,31-32,35-43H,4-6H2,1-3H3,(H,29,33)(H,30,34)/t7?,10?,11?,12?,13?,14?,15-,16-,17-,18-,19?,20+,21?,22?,23-,24-,25?,26+,27-,28+/m1/s1. The van der Waals surface area contributed by atoms with Crippen molar-refractivity contribution in [1.29, 1.82) is 0 Å². The fourth-order valence-corrected chi connectivity index (χ4v) is 6.20. The maximum absolute atomic E-state index is 12.3. The van der Waals surface area contributed by atoms with E-state index in [4.69, 9.17) is 33.2 Å². The first-order valence-electron chi connectivity index (χ1n) is 15.9. The third kappa shape index (κ3) is 8.87. The minimum absolute atomic E-state index is 0.630. The van der Waals surface area contributed by atoms with Crippen LogP contribution in [0.25, 0.3) is 0 Å². The number of ether oxygens (including phenoxy) is 7. The van der Waals surface area contributed by atoms with E-state index >= 15 is 0 Å². The van der Waals surface area contributed by atoms with Gasteiger partial charge in [-0.05, 0) is 6.92 Å². The molecule has 290 valence electrons. The molecule has 0 aromatic carbocycles. The van der Waals surface area contributed by atoms with E-state index in [0.29, 0.717) is 0 Å². The SMILES string of the molecule is CC(=O)NC1C(O)OC(CO[C@@H]2OC(C)[C@@H](O)C(O)C2O)[C@@H](O[C@@H]2OC(CO)[C@@H](O[C@@H]3OC(CO)[C@@H](O)[C@H](O)C3O)[C@H](O)C2NC(C)=O)[C@@H]1O. The van der Waals surface area contributed by atoms with Crippen molar-refractivity contribution in [1.82, 2.24) is 10.6 Å². The molecule has 22 nitrogen and oxygen atoms in total. The molecule has 4 heterocycles. The summed E-state index contributed by atoms with van der Waals surface area (Å²) >= 11 is 0. The van der Waals surface area contributed by atoms with Crippen LogP contribution in [0.1, 0.15) is 20.8 Å². The quantitative estimate of drug-likeness (QED) is 0.0938. The smallest absolute Gasteiger partial charge is 0.217 e. The maximum atomic E-state index is 12.3. The van der Waals surface area contributed by atoms with E-state index in [0.717, 1.165) is 13.8 Å². The van der Waals surface area contributed by atoms with Gasteiger partial charge >= 0.3 is 0 Å². The molecule has 10 unspecified atom stereocenters. The fourth-order valence-electron chi connectivity index (χ4n) is 6.20. The number of aliphatic hydroxyl groups excluding tert-OH is 11. The number of carbonyl (C=O) groups excluding carboxylic acids is 2. The van der Waals surface area contributed by atoms with Crippen LogP contribution in [0.2, 0.25) is 0 Å². The Kier molecular flexibility index (Phi) is 14.2. The average Bonchev–Trinajstić information content (AvgIpc) is 3.06. The van der Waals surface area contributed by atoms with E-state index in [1.54, 1.807) is 0 Å². The van der Waals surface area contributed by atoms with Crippen molar-refractivity contribution in [3.63, 3.8) is 0 Å². The van der Waals surface area contributed by atoms with Crippen molar-refractivity contribution >= 4 is 11.8 Å². The highest BCUT2D eigenvalue weighted by atomic mass is 16.8. The van der Waals surface area contributed by atoms with Crippen LogP contribution < -0.4 is 10.6 Å². The number of amides is 2. The van der Waals surface area contributed by atoms with E-state index in [-0.39, 0.29) is 0 Å². The second-order valence-electron chi connectivity index (χ2n) is 12.6. The van der Waals surface area contributed by atoms with Gasteiger partial charge in [0.2, 0.25) is 11.8 Å². The van der Waals surface area contributed by atoms with Gasteiger partial charge in [-0.25, -0.2) is 0 Å². The molecule has 50 heavy (non-hydrogen) atoms. The van der Waals surface area contributed by atoms with Gasteiger partial charge in [0.15, 0.2) is 25.2 Å². The van der Waals surface area contributed by atoms with Gasteiger partial charge < -0.3 is 100.0 Å². The predicted molar refractivity (Wildman–Crippen MR) is 156 cm³/mol. The second-order valence-corrected chi connectivity index (χ2v) is 12.6. The van der Waals surface area contributed by atoms with Crippen LogP contribution in [0.4, 0.5) is 0 Å². The van der Waals surface area contributed by atoms with Crippen molar-refractivity contribution in [2.24, 2.45) is 0 Å². The summed E-state index contributed by atoms with van der Waals surface area (Å²) in [6.45, 7) is 1.27. The average molecular weight is 733 g/mol. The molecule has 0 aliphatic carbocycles. The highest BCUT2D eigenvalue weighted by molar-refractivity contribution is 5.73. The Morgan fingerprint density at radius 1 is 0.560 bits per heavy atom. The molecule has 2 amide bonds. The Morgan fingerprint density at radius 2 is 1.06 bits per heavy atom. The zero-order valence-electron chi connectivity index (χ0n) is 27.3. The number of rotatable bonds is 11. The lowest BCUT2D eigenvalue weighted by Crippen LogP contribution is -2.70. The van der Waals surface area contributed by atoms with Crippen LogP contribution in [-0.2, 0) is 42.7 Å². The summed E-state index contributed by atoms with van der Waals surface area (Å²) in [4.78, 5) is 24.1. The summed E-state index contributed by atoms with van der Waals surface area (Å²) in [5.74, 6) is -1.41. The van der Waals surface area contributed by atoms with Crippen LogP contribution in [0.5, 0.6) is 0 Å². The van der Waals surface area contributed by atoms with Gasteiger partial charge in [-0.2, -0.15) is 0 Å². The van der Waals surface area contributed by atoms with Crippen LogP contribution >= 0.6 is 0 Å². The lowest BCUT2D eigenvalue weighted by atomic mass is 9.94. The lowest BCUT2D eigenvalue weighted by Gasteiger charge is -2.49. The molecule has 0 spiro atoms. The molecule has 4 rings (SSSR count). The van der Waals surface area contributed by atoms with Crippen LogP contribution in [0.3, 0.4) is 0 Å². The Hall–Kier alpha value is -1.78. The predicted octanol–water partition coefficient (Wildman–Crippen LogP) is -8.43. The fraction of sp³-hybridized carbons (Fsp3) is 0.929. The molecule has 0 saturated carbocycles. The number of carbonyl (C=O) groups is 2. The Morgan fingerprint density at radius 3 is 1.66 bits per heavy atom. The van der Waals surface area contributed by atoms with Crippen molar-refractivity contribution in [2.75, 3.05) is 19.8 Å². The third-order valence-electron chi connectivity index (χ3n) is 8.95. The summed E-state index contributed by atoms with van der Waals surface area (Å²) in [6.07, 6.45) is -29.6. The minimum Gasteiger partial charge on any atom is -0.394 e. The molecular formula is C28H48N2O20. The topological polar surface area (TPSA) is 345 Å². The van der Waals surface area contributed by atoms with E-state index < -0.39 is 154 Å². The van der Waals surface area contributed by atoms with Crippen LogP contribution in [0.15, 0.2) is 0 Å². The molecule has 4 aliphatic rings. The number of hydrogen-bond donors (Lipinski definition) is 13. The summed E-state index contributed by atoms with van der Waals surface area (Å²) in [5, 5.41) is 119. The Labute approximate surface area is 285 Å². The van der Waals surface area contributed by atoms with Crippen molar-refractivity contribution in [3.05, 3.63) is 0 Å². The van der Waals surface area contributed by atoms with Crippen molar-refractivity contribution in [2.45, 2.75) is 143 Å². The molecule has 4 aliphatic heterocycles. The minimum atomic E-state index is -1.90. The first-order valence-corrected chi connectivity index (χ1v) is 15.9. The Bertz CT molecular complexity index is 1120. The van der Waals surface area contributed by atoms with Crippen molar-refractivity contribution in [3.8, 4) is 0 Å². The van der Waals surface area contributed by atoms with Crippen LogP contribution in [-0.4, -0.2) is 211 Å². The van der Waals surface area contributed by atoms with Gasteiger partial charge in [-0.1, -0.05) is 0 Å². The van der Waals surface area contributed by atoms with E-state index in [2.05, 4.69) is 10.6 Å². The molecule has 22 heteroatoms. The monoisotopic (exact) mass is 732 g/mol. The molecule has 0 aromatic rings. The number of nitrogens with one attached hydrogen (secondary N) is 2. The summed E-state index contributed by atoms with van der Waals surface area (Å²) in [6, 6.07) is -3.09. The summed E-state index contributed by atoms with van der Waals surface area (Å²) in [5.41, 5.74) is 0. The first-order chi connectivity index (χ1) is 23.5. The van der Waals surface area contributed by atoms with Gasteiger partial charge in [0.25, 0.3) is 0 Å². The van der Waals surface area contributed by atoms with Gasteiger partial charge in [0.1, 0.15) is 91.4 Å². The highest BCUT2D eigenvalue weighted by Crippen LogP contribution is 2.33. The largest absolute Gasteiger partial charge is 0.394 e. The molecule has 4 saturated heterocycles. The molecule has 0 bridgehead atoms. The lowest BCUT2D eigenvalue weighted by molar-refractivity contribution is -0.363. The van der Waals surface area contributed by atoms with E-state index in [1.165, 1.54) is 6.92 Å². The first kappa shape index (κ1) is 41.0. The van der Waals surface area contributed by atoms with E-state index in [1.807, 2.05) is 0 Å². The number of hydrogen-bond acceptors (Lipinski definition) is 20. The summed E-state index contributed by atoms with van der Waals surface area (Å²) in [7, 11) is 0. The molecule has 20 atom stereocenters. The second kappa shape index (κ2) is 17.4. The zero-order valence-corrected chi connectivity index (χ0v) is 27.3. The van der Waals surface area contributed by atoms with Crippen LogP contribution in [0, 0.1) is 0 Å². The summed E-state index contributed by atoms with van der Waals surface area (Å²) < 4.78 is 39.5. The molecule has 0 aromatic heterocycles. The zero-order chi connectivity index (χ0) is 37.2. The third-order valence-corrected chi connectivity index (χ3v) is 8.95. The highest BCUT2D eigenvalue weighted by Gasteiger charge is 2.54. The molecule has 13 N–H and O–H groups in total. The van der Waals surface area contributed by atoms with Gasteiger partial charge in [-0.3, -0.25) is 9.59 Å². The maximum Gasteiger partial charge on any atom is 0.217 e. The van der Waals surface area contributed by atoms with Gasteiger partial charge in [-0.15, -0.1) is 0 Å². The molecule has 4 fully saturated rings. The van der Waals surface area contributed by atoms with Crippen molar-refractivity contribution < 1.29 is 98.9 Å². The number of aliphatic hydroxyl groups is 11.